The minimum Gasteiger partial charge on any atom is -0.459 e. The van der Waals surface area contributed by atoms with Crippen LogP contribution in [0.2, 0.25) is 0 Å². The van der Waals surface area contributed by atoms with Gasteiger partial charge in [0.05, 0.1) is 13.2 Å². The van der Waals surface area contributed by atoms with Gasteiger partial charge in [-0.3, -0.25) is 4.79 Å². The molecule has 0 aliphatic heterocycles. The van der Waals surface area contributed by atoms with Crippen LogP contribution in [0.5, 0.6) is 0 Å². The van der Waals surface area contributed by atoms with Crippen LogP contribution in [-0.4, -0.2) is 38.2 Å². The van der Waals surface area contributed by atoms with E-state index in [1.807, 2.05) is 30.3 Å². The Morgan fingerprint density at radius 2 is 1.63 bits per heavy atom. The number of rotatable bonds is 9. The Bertz CT molecular complexity index is 388. The summed E-state index contributed by atoms with van der Waals surface area (Å²) >= 11 is 0. The van der Waals surface area contributed by atoms with Crippen LogP contribution in [0.1, 0.15) is 12.5 Å². The molecule has 0 aliphatic rings. The van der Waals surface area contributed by atoms with E-state index in [9.17, 15) is 9.59 Å². The lowest BCUT2D eigenvalue weighted by Crippen LogP contribution is -2.16. The van der Waals surface area contributed by atoms with E-state index < -0.39 is 5.97 Å². The zero-order valence-electron chi connectivity index (χ0n) is 11.0. The van der Waals surface area contributed by atoms with Crippen LogP contribution in [-0.2, 0) is 30.4 Å². The minimum absolute atomic E-state index is 0.0396. The van der Waals surface area contributed by atoms with Crippen LogP contribution in [0.15, 0.2) is 30.3 Å². The minimum atomic E-state index is -0.421. The molecule has 0 unspecified atom stereocenters. The Labute approximate surface area is 112 Å². The summed E-state index contributed by atoms with van der Waals surface area (Å²) in [6.45, 7) is 2.18. The Morgan fingerprint density at radius 3 is 2.26 bits per heavy atom. The summed E-state index contributed by atoms with van der Waals surface area (Å²) in [6.07, 6.45) is 0. The predicted molar refractivity (Wildman–Crippen MR) is 68.6 cm³/mol. The quantitative estimate of drug-likeness (QED) is 0.499. The van der Waals surface area contributed by atoms with Crippen LogP contribution >= 0.6 is 0 Å². The first-order valence-electron chi connectivity index (χ1n) is 6.03. The molecular weight excluding hydrogens is 248 g/mol. The van der Waals surface area contributed by atoms with Crippen molar-refractivity contribution in [1.82, 2.24) is 0 Å². The number of hydrogen-bond acceptors (Lipinski definition) is 5. The molecule has 1 aromatic carbocycles. The lowest BCUT2D eigenvalue weighted by atomic mass is 10.2. The van der Waals surface area contributed by atoms with Crippen molar-refractivity contribution in [2.75, 3.05) is 26.4 Å². The van der Waals surface area contributed by atoms with Crippen molar-refractivity contribution in [3.05, 3.63) is 35.9 Å². The zero-order chi connectivity index (χ0) is 13.9. The SMILES string of the molecule is CC(=O)COCCOCC(=O)OCc1ccccc1. The number of ether oxygens (including phenoxy) is 3. The van der Waals surface area contributed by atoms with Gasteiger partial charge < -0.3 is 14.2 Å². The van der Waals surface area contributed by atoms with Crippen LogP contribution < -0.4 is 0 Å². The summed E-state index contributed by atoms with van der Waals surface area (Å²) in [5, 5.41) is 0. The summed E-state index contributed by atoms with van der Waals surface area (Å²) in [5.41, 5.74) is 0.931. The van der Waals surface area contributed by atoms with Crippen molar-refractivity contribution in [3.63, 3.8) is 0 Å². The molecule has 0 spiro atoms. The Kier molecular flexibility index (Phi) is 7.46. The molecule has 0 aromatic heterocycles. The highest BCUT2D eigenvalue weighted by molar-refractivity contribution is 5.76. The molecule has 0 heterocycles. The summed E-state index contributed by atoms with van der Waals surface area (Å²) in [4.78, 5) is 21.9. The lowest BCUT2D eigenvalue weighted by Gasteiger charge is -2.06. The van der Waals surface area contributed by atoms with Crippen molar-refractivity contribution in [2.45, 2.75) is 13.5 Å². The van der Waals surface area contributed by atoms with Gasteiger partial charge in [0.25, 0.3) is 0 Å². The fourth-order valence-corrected chi connectivity index (χ4v) is 1.27. The van der Waals surface area contributed by atoms with Crippen molar-refractivity contribution >= 4 is 11.8 Å². The highest BCUT2D eigenvalue weighted by atomic mass is 16.6. The second kappa shape index (κ2) is 9.24. The van der Waals surface area contributed by atoms with E-state index >= 15 is 0 Å². The van der Waals surface area contributed by atoms with Gasteiger partial charge in [0.2, 0.25) is 0 Å². The normalized spacial score (nSPS) is 10.2. The molecule has 0 saturated carbocycles. The first-order chi connectivity index (χ1) is 9.18. The monoisotopic (exact) mass is 266 g/mol. The molecule has 0 amide bonds. The van der Waals surface area contributed by atoms with Crippen LogP contribution in [0.3, 0.4) is 0 Å². The molecule has 0 aliphatic carbocycles. The average Bonchev–Trinajstić information content (AvgIpc) is 2.41. The summed E-state index contributed by atoms with van der Waals surface area (Å²) < 4.78 is 15.0. The number of carbonyl (C=O) groups is 2. The Morgan fingerprint density at radius 1 is 1.00 bits per heavy atom. The Balaban J connectivity index is 2.01. The third kappa shape index (κ3) is 8.07. The first-order valence-corrected chi connectivity index (χ1v) is 6.03. The maximum Gasteiger partial charge on any atom is 0.332 e. The predicted octanol–water partition coefficient (Wildman–Crippen LogP) is 1.35. The molecule has 0 fully saturated rings. The fraction of sp³-hybridized carbons (Fsp3) is 0.429. The number of hydrogen-bond donors (Lipinski definition) is 0. The van der Waals surface area contributed by atoms with Gasteiger partial charge >= 0.3 is 5.97 Å². The highest BCUT2D eigenvalue weighted by Gasteiger charge is 2.03. The van der Waals surface area contributed by atoms with Gasteiger partial charge in [-0.05, 0) is 12.5 Å². The number of Topliss-reactive ketones (excluding diaryl/α,β-unsaturated/α-hetero) is 1. The van der Waals surface area contributed by atoms with E-state index in [0.29, 0.717) is 0 Å². The van der Waals surface area contributed by atoms with Gasteiger partial charge in [-0.2, -0.15) is 0 Å². The topological polar surface area (TPSA) is 61.8 Å². The number of ketones is 1. The van der Waals surface area contributed by atoms with E-state index in [0.717, 1.165) is 5.56 Å². The molecule has 0 N–H and O–H groups in total. The highest BCUT2D eigenvalue weighted by Crippen LogP contribution is 2.00. The molecule has 1 aromatic rings. The van der Waals surface area contributed by atoms with Gasteiger partial charge in [0.1, 0.15) is 19.8 Å². The van der Waals surface area contributed by atoms with Crippen molar-refractivity contribution in [2.24, 2.45) is 0 Å². The van der Waals surface area contributed by atoms with Gasteiger partial charge in [0, 0.05) is 0 Å². The second-order valence-corrected chi connectivity index (χ2v) is 3.95. The largest absolute Gasteiger partial charge is 0.459 e. The molecule has 104 valence electrons. The van der Waals surface area contributed by atoms with Crippen LogP contribution in [0, 0.1) is 0 Å². The maximum atomic E-state index is 11.3. The molecule has 0 bridgehead atoms. The van der Waals surface area contributed by atoms with Gasteiger partial charge in [-0.1, -0.05) is 30.3 Å². The molecule has 0 atom stereocenters. The van der Waals surface area contributed by atoms with E-state index in [1.54, 1.807) is 0 Å². The van der Waals surface area contributed by atoms with Gasteiger partial charge in [0.15, 0.2) is 5.78 Å². The van der Waals surface area contributed by atoms with Crippen molar-refractivity contribution < 1.29 is 23.8 Å². The number of carbonyl (C=O) groups excluding carboxylic acids is 2. The van der Waals surface area contributed by atoms with Gasteiger partial charge in [-0.25, -0.2) is 4.79 Å². The molecule has 19 heavy (non-hydrogen) atoms. The lowest BCUT2D eigenvalue weighted by molar-refractivity contribution is -0.151. The molecule has 0 radical (unpaired) electrons. The van der Waals surface area contributed by atoms with E-state index in [1.165, 1.54) is 6.92 Å². The molecule has 5 heteroatoms. The van der Waals surface area contributed by atoms with Crippen molar-refractivity contribution in [3.8, 4) is 0 Å². The van der Waals surface area contributed by atoms with Crippen molar-refractivity contribution in [1.29, 1.82) is 0 Å². The number of esters is 1. The summed E-state index contributed by atoms with van der Waals surface area (Å²) in [7, 11) is 0. The van der Waals surface area contributed by atoms with E-state index in [2.05, 4.69) is 0 Å². The Hall–Kier alpha value is -1.72. The number of benzene rings is 1. The van der Waals surface area contributed by atoms with E-state index in [-0.39, 0.29) is 38.8 Å². The smallest absolute Gasteiger partial charge is 0.332 e. The van der Waals surface area contributed by atoms with Gasteiger partial charge in [-0.15, -0.1) is 0 Å². The molecule has 1 rings (SSSR count). The molecule has 0 saturated heterocycles. The van der Waals surface area contributed by atoms with E-state index in [4.69, 9.17) is 14.2 Å². The molecule has 5 nitrogen and oxygen atoms in total. The first kappa shape index (κ1) is 15.3. The van der Waals surface area contributed by atoms with Crippen LogP contribution in [0.25, 0.3) is 0 Å². The third-order valence-electron chi connectivity index (χ3n) is 2.14. The maximum absolute atomic E-state index is 11.3. The second-order valence-electron chi connectivity index (χ2n) is 3.95. The summed E-state index contributed by atoms with van der Waals surface area (Å²) in [5.74, 6) is -0.460. The standard InChI is InChI=1S/C14H18O5/c1-12(15)9-17-7-8-18-11-14(16)19-10-13-5-3-2-4-6-13/h2-6H,7-11H2,1H3. The summed E-state index contributed by atoms with van der Waals surface area (Å²) in [6, 6.07) is 9.42. The third-order valence-corrected chi connectivity index (χ3v) is 2.14. The zero-order valence-corrected chi connectivity index (χ0v) is 11.0. The molecular formula is C14H18O5. The fourth-order valence-electron chi connectivity index (χ4n) is 1.27. The average molecular weight is 266 g/mol. The van der Waals surface area contributed by atoms with Crippen LogP contribution in [0.4, 0.5) is 0 Å².